The van der Waals surface area contributed by atoms with Crippen molar-refractivity contribution in [3.05, 3.63) is 76.1 Å². The number of nitrogens with zero attached hydrogens (tertiary/aromatic N) is 2. The van der Waals surface area contributed by atoms with E-state index in [0.717, 1.165) is 5.56 Å². The molecule has 1 aliphatic rings. The van der Waals surface area contributed by atoms with E-state index in [1.54, 1.807) is 17.7 Å². The summed E-state index contributed by atoms with van der Waals surface area (Å²) in [5.41, 5.74) is 3.56. The number of benzene rings is 2. The highest BCUT2D eigenvalue weighted by molar-refractivity contribution is 7.89. The summed E-state index contributed by atoms with van der Waals surface area (Å²) < 4.78 is 25.0. The second kappa shape index (κ2) is 7.14. The molecule has 0 spiro atoms. The van der Waals surface area contributed by atoms with Gasteiger partial charge in [0.1, 0.15) is 5.15 Å². The Morgan fingerprint density at radius 3 is 2.62 bits per heavy atom. The van der Waals surface area contributed by atoms with Crippen molar-refractivity contribution in [3.63, 3.8) is 0 Å². The monoisotopic (exact) mass is 428 g/mol. The van der Waals surface area contributed by atoms with Crippen LogP contribution in [0.5, 0.6) is 0 Å². The topological polar surface area (TPSA) is 107 Å². The minimum atomic E-state index is -3.89. The number of rotatable bonds is 4. The number of carbonyl (C=O) groups excluding carboxylic acids is 1. The first-order chi connectivity index (χ1) is 13.7. The minimum absolute atomic E-state index is 0.0683. The Hall–Kier alpha value is -2.94. The average Bonchev–Trinajstić information content (AvgIpc) is 3.12. The zero-order chi connectivity index (χ0) is 20.8. The molecule has 148 valence electrons. The summed E-state index contributed by atoms with van der Waals surface area (Å²) in [7, 11) is -3.89. The van der Waals surface area contributed by atoms with E-state index in [0.29, 0.717) is 39.8 Å². The third kappa shape index (κ3) is 3.69. The quantitative estimate of drug-likeness (QED) is 0.622. The van der Waals surface area contributed by atoms with Crippen LogP contribution in [-0.2, 0) is 21.4 Å². The van der Waals surface area contributed by atoms with Gasteiger partial charge < -0.3 is 5.32 Å². The van der Waals surface area contributed by atoms with Crippen molar-refractivity contribution < 1.29 is 13.2 Å². The Labute approximate surface area is 172 Å². The number of primary sulfonamides is 1. The van der Waals surface area contributed by atoms with Crippen LogP contribution in [0, 0.1) is 6.92 Å². The van der Waals surface area contributed by atoms with Gasteiger partial charge in [-0.2, -0.15) is 5.10 Å². The molecule has 0 saturated carbocycles. The highest BCUT2D eigenvalue weighted by Gasteiger charge is 2.27. The number of nitrogens with two attached hydrogens (primary N) is 1. The molecule has 0 saturated heterocycles. The molecule has 4 rings (SSSR count). The van der Waals surface area contributed by atoms with Crippen molar-refractivity contribution in [3.8, 4) is 0 Å². The first-order valence-electron chi connectivity index (χ1n) is 8.71. The molecule has 2 heterocycles. The van der Waals surface area contributed by atoms with E-state index in [-0.39, 0.29) is 10.8 Å². The standard InChI is InChI=1S/C20H17ClN4O3S/c1-12-15(19(21)25(24-12)11-13-5-3-2-4-6-13)10-17-16-9-14(29(22,27)28)7-8-18(16)23-20(17)26/h2-10H,11H2,1H3,(H,23,26)(H2,22,27,28)/b17-10-. The fourth-order valence-corrected chi connectivity index (χ4v) is 4.05. The molecule has 3 aromatic rings. The van der Waals surface area contributed by atoms with Crippen molar-refractivity contribution in [2.24, 2.45) is 5.14 Å². The van der Waals surface area contributed by atoms with Gasteiger partial charge in [0.2, 0.25) is 10.0 Å². The van der Waals surface area contributed by atoms with Crippen LogP contribution in [0.2, 0.25) is 5.15 Å². The summed E-state index contributed by atoms with van der Waals surface area (Å²) in [4.78, 5) is 12.4. The lowest BCUT2D eigenvalue weighted by atomic mass is 10.0. The number of aromatic nitrogens is 2. The van der Waals surface area contributed by atoms with Crippen LogP contribution in [0.15, 0.2) is 53.4 Å². The van der Waals surface area contributed by atoms with Crippen LogP contribution in [0.3, 0.4) is 0 Å². The third-order valence-corrected chi connectivity index (χ3v) is 5.99. The maximum atomic E-state index is 12.5. The maximum Gasteiger partial charge on any atom is 0.256 e. The average molecular weight is 429 g/mol. The Balaban J connectivity index is 1.77. The third-order valence-electron chi connectivity index (χ3n) is 4.68. The summed E-state index contributed by atoms with van der Waals surface area (Å²) in [6.45, 7) is 2.29. The second-order valence-electron chi connectivity index (χ2n) is 6.70. The molecule has 7 nitrogen and oxygen atoms in total. The van der Waals surface area contributed by atoms with Gasteiger partial charge in [-0.3, -0.25) is 4.79 Å². The van der Waals surface area contributed by atoms with Crippen molar-refractivity contribution in [2.75, 3.05) is 5.32 Å². The lowest BCUT2D eigenvalue weighted by Gasteiger charge is -2.04. The molecular weight excluding hydrogens is 412 g/mol. The molecule has 29 heavy (non-hydrogen) atoms. The molecule has 0 atom stereocenters. The minimum Gasteiger partial charge on any atom is -0.321 e. The van der Waals surface area contributed by atoms with Crippen LogP contribution >= 0.6 is 11.6 Å². The first-order valence-corrected chi connectivity index (χ1v) is 10.6. The summed E-state index contributed by atoms with van der Waals surface area (Å²) >= 11 is 6.54. The van der Waals surface area contributed by atoms with E-state index < -0.39 is 10.0 Å². The number of hydrogen-bond acceptors (Lipinski definition) is 4. The molecular formula is C20H17ClN4O3S. The highest BCUT2D eigenvalue weighted by Crippen LogP contribution is 2.36. The van der Waals surface area contributed by atoms with Gasteiger partial charge in [0.05, 0.1) is 17.1 Å². The maximum absolute atomic E-state index is 12.5. The van der Waals surface area contributed by atoms with Crippen molar-refractivity contribution >= 4 is 44.9 Å². The van der Waals surface area contributed by atoms with Crippen molar-refractivity contribution in [1.82, 2.24) is 9.78 Å². The Morgan fingerprint density at radius 2 is 1.93 bits per heavy atom. The molecule has 0 unspecified atom stereocenters. The SMILES string of the molecule is Cc1nn(Cc2ccccc2)c(Cl)c1/C=C1\C(=O)Nc2ccc(S(N)(=O)=O)cc21. The molecule has 1 aromatic heterocycles. The normalized spacial score (nSPS) is 14.9. The van der Waals surface area contributed by atoms with Crippen LogP contribution < -0.4 is 10.5 Å². The fraction of sp³-hybridized carbons (Fsp3) is 0.100. The van der Waals surface area contributed by atoms with Crippen LogP contribution in [0.4, 0.5) is 5.69 Å². The number of nitrogens with one attached hydrogen (secondary N) is 1. The number of carbonyl (C=O) groups is 1. The van der Waals surface area contributed by atoms with E-state index in [4.69, 9.17) is 16.7 Å². The summed E-state index contributed by atoms with van der Waals surface area (Å²) in [6, 6.07) is 14.0. The smallest absolute Gasteiger partial charge is 0.256 e. The highest BCUT2D eigenvalue weighted by atomic mass is 35.5. The largest absolute Gasteiger partial charge is 0.321 e. The van der Waals surface area contributed by atoms with Crippen LogP contribution in [0.25, 0.3) is 11.6 Å². The van der Waals surface area contributed by atoms with Crippen LogP contribution in [0.1, 0.15) is 22.4 Å². The molecule has 1 amide bonds. The van der Waals surface area contributed by atoms with Gasteiger partial charge in [-0.25, -0.2) is 18.2 Å². The molecule has 3 N–H and O–H groups in total. The summed E-state index contributed by atoms with van der Waals surface area (Å²) in [6.07, 6.45) is 1.63. The van der Waals surface area contributed by atoms with Crippen molar-refractivity contribution in [1.29, 1.82) is 0 Å². The molecule has 2 aromatic carbocycles. The van der Waals surface area contributed by atoms with Crippen molar-refractivity contribution in [2.45, 2.75) is 18.4 Å². The number of halogens is 1. The zero-order valence-corrected chi connectivity index (χ0v) is 17.0. The molecule has 0 aliphatic carbocycles. The molecule has 9 heteroatoms. The van der Waals surface area contributed by atoms with Gasteiger partial charge in [-0.1, -0.05) is 41.9 Å². The zero-order valence-electron chi connectivity index (χ0n) is 15.4. The number of sulfonamides is 1. The Morgan fingerprint density at radius 1 is 1.21 bits per heavy atom. The summed E-state index contributed by atoms with van der Waals surface area (Å²) in [5.74, 6) is -0.349. The Bertz CT molecular complexity index is 1260. The predicted molar refractivity (Wildman–Crippen MR) is 112 cm³/mol. The van der Waals surface area contributed by atoms with Gasteiger partial charge in [0.15, 0.2) is 0 Å². The van der Waals surface area contributed by atoms with Gasteiger partial charge in [0, 0.05) is 22.4 Å². The van der Waals surface area contributed by atoms with Crippen LogP contribution in [-0.4, -0.2) is 24.1 Å². The molecule has 0 radical (unpaired) electrons. The molecule has 0 bridgehead atoms. The predicted octanol–water partition coefficient (Wildman–Crippen LogP) is 3.03. The number of amides is 1. The second-order valence-corrected chi connectivity index (χ2v) is 8.62. The van der Waals surface area contributed by atoms with E-state index >= 15 is 0 Å². The lowest BCUT2D eigenvalue weighted by Crippen LogP contribution is -2.12. The van der Waals surface area contributed by atoms with E-state index in [1.807, 2.05) is 30.3 Å². The van der Waals surface area contributed by atoms with E-state index in [9.17, 15) is 13.2 Å². The van der Waals surface area contributed by atoms with E-state index in [2.05, 4.69) is 10.4 Å². The molecule has 1 aliphatic heterocycles. The van der Waals surface area contributed by atoms with E-state index in [1.165, 1.54) is 18.2 Å². The fourth-order valence-electron chi connectivity index (χ4n) is 3.22. The van der Waals surface area contributed by atoms with Gasteiger partial charge in [-0.05, 0) is 36.8 Å². The number of fused-ring (bicyclic) bond motifs is 1. The Kier molecular flexibility index (Phi) is 4.77. The first kappa shape index (κ1) is 19.4. The van der Waals surface area contributed by atoms with Gasteiger partial charge >= 0.3 is 0 Å². The number of anilines is 1. The van der Waals surface area contributed by atoms with Gasteiger partial charge in [0.25, 0.3) is 5.91 Å². The lowest BCUT2D eigenvalue weighted by molar-refractivity contribution is -0.110. The summed E-state index contributed by atoms with van der Waals surface area (Å²) in [5, 5.41) is 12.8. The molecule has 0 fully saturated rings. The van der Waals surface area contributed by atoms with Gasteiger partial charge in [-0.15, -0.1) is 0 Å². The number of hydrogen-bond donors (Lipinski definition) is 2. The number of aryl methyl sites for hydroxylation is 1.